The van der Waals surface area contributed by atoms with Gasteiger partial charge < -0.3 is 5.11 Å². The fourth-order valence-corrected chi connectivity index (χ4v) is 3.14. The van der Waals surface area contributed by atoms with Crippen LogP contribution in [0.2, 0.25) is 0 Å². The van der Waals surface area contributed by atoms with Crippen LogP contribution in [0.5, 0.6) is 0 Å². The maximum atomic E-state index is 11.7. The molecule has 0 atom stereocenters. The molecule has 0 aromatic heterocycles. The average Bonchev–Trinajstić information content (AvgIpc) is 3.03. The largest absolute Gasteiger partial charge is 0.478 e. The number of rotatable bonds is 5. The third kappa shape index (κ3) is 3.44. The topological polar surface area (TPSA) is 95.5 Å². The Labute approximate surface area is 113 Å². The number of halogens is 1. The van der Waals surface area contributed by atoms with Gasteiger partial charge in [-0.25, -0.2) is 4.79 Å². The van der Waals surface area contributed by atoms with Crippen LogP contribution in [-0.2, 0) is 10.2 Å². The van der Waals surface area contributed by atoms with Gasteiger partial charge in [0.1, 0.15) is 0 Å². The molecule has 1 aromatic rings. The van der Waals surface area contributed by atoms with Crippen LogP contribution in [0, 0.1) is 0 Å². The molecular formula is C10H11BrN2O4S. The molecule has 1 aliphatic carbocycles. The number of benzene rings is 1. The van der Waals surface area contributed by atoms with Gasteiger partial charge in [0.15, 0.2) is 0 Å². The average molecular weight is 335 g/mol. The summed E-state index contributed by atoms with van der Waals surface area (Å²) in [6, 6.07) is 4.10. The minimum atomic E-state index is -3.60. The Morgan fingerprint density at radius 3 is 2.56 bits per heavy atom. The molecule has 0 spiro atoms. The van der Waals surface area contributed by atoms with Crippen molar-refractivity contribution in [1.82, 2.24) is 4.72 Å². The highest BCUT2D eigenvalue weighted by Crippen LogP contribution is 2.25. The van der Waals surface area contributed by atoms with Crippen molar-refractivity contribution >= 4 is 37.8 Å². The highest BCUT2D eigenvalue weighted by molar-refractivity contribution is 9.10. The molecule has 0 radical (unpaired) electrons. The van der Waals surface area contributed by atoms with Crippen molar-refractivity contribution in [2.45, 2.75) is 18.9 Å². The van der Waals surface area contributed by atoms with Gasteiger partial charge in [-0.2, -0.15) is 13.1 Å². The van der Waals surface area contributed by atoms with Crippen LogP contribution in [-0.4, -0.2) is 25.5 Å². The fraction of sp³-hybridized carbons (Fsp3) is 0.300. The summed E-state index contributed by atoms with van der Waals surface area (Å²) in [4.78, 5) is 10.7. The van der Waals surface area contributed by atoms with E-state index in [9.17, 15) is 13.2 Å². The van der Waals surface area contributed by atoms with Gasteiger partial charge >= 0.3 is 5.97 Å². The molecule has 3 N–H and O–H groups in total. The van der Waals surface area contributed by atoms with Crippen LogP contribution >= 0.6 is 15.9 Å². The lowest BCUT2D eigenvalue weighted by Gasteiger charge is -2.10. The standard InChI is InChI=1S/C10H11BrN2O4S/c11-8-5-6(10(14)15)1-4-9(8)13-18(16,17)12-7-2-3-7/h1,4-5,7,12-13H,2-3H2,(H,14,15). The summed E-state index contributed by atoms with van der Waals surface area (Å²) in [7, 11) is -3.60. The predicted molar refractivity (Wildman–Crippen MR) is 69.8 cm³/mol. The summed E-state index contributed by atoms with van der Waals surface area (Å²) in [5.41, 5.74) is 0.383. The van der Waals surface area contributed by atoms with Gasteiger partial charge in [-0.1, -0.05) is 0 Å². The number of anilines is 1. The van der Waals surface area contributed by atoms with Gasteiger partial charge in [-0.05, 0) is 47.0 Å². The van der Waals surface area contributed by atoms with E-state index in [4.69, 9.17) is 5.11 Å². The Morgan fingerprint density at radius 1 is 1.39 bits per heavy atom. The normalized spacial score (nSPS) is 15.4. The smallest absolute Gasteiger partial charge is 0.335 e. The summed E-state index contributed by atoms with van der Waals surface area (Å²) >= 11 is 3.13. The van der Waals surface area contributed by atoms with Crippen LogP contribution in [0.15, 0.2) is 22.7 Å². The van der Waals surface area contributed by atoms with Crippen molar-refractivity contribution in [3.8, 4) is 0 Å². The van der Waals surface area contributed by atoms with Gasteiger partial charge in [0.25, 0.3) is 10.2 Å². The number of aromatic carboxylic acids is 1. The number of nitrogens with one attached hydrogen (secondary N) is 2. The second kappa shape index (κ2) is 4.87. The Bertz CT molecular complexity index is 584. The first-order valence-corrected chi connectivity index (χ1v) is 7.48. The number of carboxylic acids is 1. The van der Waals surface area contributed by atoms with Crippen molar-refractivity contribution in [2.24, 2.45) is 0 Å². The highest BCUT2D eigenvalue weighted by Gasteiger charge is 2.27. The first-order valence-electron chi connectivity index (χ1n) is 5.20. The van der Waals surface area contributed by atoms with Gasteiger partial charge in [-0.3, -0.25) is 4.72 Å². The maximum absolute atomic E-state index is 11.7. The van der Waals surface area contributed by atoms with Crippen LogP contribution in [0.3, 0.4) is 0 Å². The number of carboxylic acid groups (broad SMARTS) is 1. The second-order valence-corrected chi connectivity index (χ2v) is 6.30. The molecular weight excluding hydrogens is 324 g/mol. The zero-order chi connectivity index (χ0) is 13.3. The van der Waals surface area contributed by atoms with E-state index in [1.54, 1.807) is 0 Å². The lowest BCUT2D eigenvalue weighted by Crippen LogP contribution is -2.31. The first-order chi connectivity index (χ1) is 8.37. The number of carbonyl (C=O) groups is 1. The summed E-state index contributed by atoms with van der Waals surface area (Å²) in [6.45, 7) is 0. The maximum Gasteiger partial charge on any atom is 0.335 e. The molecule has 8 heteroatoms. The van der Waals surface area contributed by atoms with Gasteiger partial charge in [-0.15, -0.1) is 0 Å². The molecule has 1 aromatic carbocycles. The van der Waals surface area contributed by atoms with Gasteiger partial charge in [0.2, 0.25) is 0 Å². The van der Waals surface area contributed by atoms with Crippen LogP contribution in [0.1, 0.15) is 23.2 Å². The van der Waals surface area contributed by atoms with E-state index in [0.29, 0.717) is 10.2 Å². The zero-order valence-electron chi connectivity index (χ0n) is 9.18. The molecule has 1 aliphatic rings. The summed E-state index contributed by atoms with van der Waals surface area (Å²) in [5, 5.41) is 8.79. The number of hydrogen-bond donors (Lipinski definition) is 3. The van der Waals surface area contributed by atoms with Crippen LogP contribution in [0.4, 0.5) is 5.69 Å². The fourth-order valence-electron chi connectivity index (χ4n) is 1.33. The first kappa shape index (κ1) is 13.3. The second-order valence-electron chi connectivity index (χ2n) is 4.00. The van der Waals surface area contributed by atoms with Crippen molar-refractivity contribution in [1.29, 1.82) is 0 Å². The van der Waals surface area contributed by atoms with Crippen molar-refractivity contribution in [3.05, 3.63) is 28.2 Å². The van der Waals surface area contributed by atoms with Crippen molar-refractivity contribution in [2.75, 3.05) is 4.72 Å². The third-order valence-electron chi connectivity index (χ3n) is 2.36. The molecule has 6 nitrogen and oxygen atoms in total. The van der Waals surface area contributed by atoms with Crippen molar-refractivity contribution in [3.63, 3.8) is 0 Å². The lowest BCUT2D eigenvalue weighted by atomic mass is 10.2. The molecule has 1 saturated carbocycles. The summed E-state index contributed by atoms with van der Waals surface area (Å²) < 4.78 is 28.5. The molecule has 0 unspecified atom stereocenters. The SMILES string of the molecule is O=C(O)c1ccc(NS(=O)(=O)NC2CC2)c(Br)c1. The Kier molecular flexibility index (Phi) is 3.60. The minimum Gasteiger partial charge on any atom is -0.478 e. The third-order valence-corrected chi connectivity index (χ3v) is 4.15. The van der Waals surface area contributed by atoms with E-state index in [1.807, 2.05) is 0 Å². The monoisotopic (exact) mass is 334 g/mol. The molecule has 98 valence electrons. The van der Waals surface area contributed by atoms with E-state index in [1.165, 1.54) is 18.2 Å². The Balaban J connectivity index is 2.16. The quantitative estimate of drug-likeness (QED) is 0.761. The predicted octanol–water partition coefficient (Wildman–Crippen LogP) is 1.56. The minimum absolute atomic E-state index is 0.0135. The van der Waals surface area contributed by atoms with Crippen LogP contribution < -0.4 is 9.44 Å². The molecule has 0 amide bonds. The van der Waals surface area contributed by atoms with E-state index in [-0.39, 0.29) is 11.6 Å². The molecule has 0 aliphatic heterocycles. The van der Waals surface area contributed by atoms with Gasteiger partial charge in [0, 0.05) is 10.5 Å². The van der Waals surface area contributed by atoms with Crippen LogP contribution in [0.25, 0.3) is 0 Å². The molecule has 0 heterocycles. The lowest BCUT2D eigenvalue weighted by molar-refractivity contribution is 0.0697. The van der Waals surface area contributed by atoms with E-state index < -0.39 is 16.2 Å². The van der Waals surface area contributed by atoms with E-state index in [0.717, 1.165) is 12.8 Å². The van der Waals surface area contributed by atoms with Gasteiger partial charge in [0.05, 0.1) is 11.3 Å². The number of hydrogen-bond acceptors (Lipinski definition) is 3. The Morgan fingerprint density at radius 2 is 2.06 bits per heavy atom. The summed E-state index contributed by atoms with van der Waals surface area (Å²) in [6.07, 6.45) is 1.69. The molecule has 18 heavy (non-hydrogen) atoms. The molecule has 0 bridgehead atoms. The molecule has 1 fully saturated rings. The van der Waals surface area contributed by atoms with Crippen molar-refractivity contribution < 1.29 is 18.3 Å². The molecule has 0 saturated heterocycles. The van der Waals surface area contributed by atoms with E-state index in [2.05, 4.69) is 25.4 Å². The summed E-state index contributed by atoms with van der Waals surface area (Å²) in [5.74, 6) is -1.07. The highest BCUT2D eigenvalue weighted by atomic mass is 79.9. The van der Waals surface area contributed by atoms with E-state index >= 15 is 0 Å². The molecule has 2 rings (SSSR count). The zero-order valence-corrected chi connectivity index (χ0v) is 11.6. The Hall–Kier alpha value is -1.12.